The van der Waals surface area contributed by atoms with Crippen molar-refractivity contribution in [3.05, 3.63) is 105 Å². The first-order valence-corrected chi connectivity index (χ1v) is 13.2. The minimum atomic E-state index is -1.08. The van der Waals surface area contributed by atoms with Crippen LogP contribution < -0.4 is 10.2 Å². The minimum Gasteiger partial charge on any atom is -0.481 e. The highest BCUT2D eigenvalue weighted by Gasteiger charge is 2.26. The maximum absolute atomic E-state index is 13.1. The van der Waals surface area contributed by atoms with Gasteiger partial charge in [0.1, 0.15) is 5.69 Å². The molecule has 10 heteroatoms. The van der Waals surface area contributed by atoms with E-state index in [4.69, 9.17) is 0 Å². The summed E-state index contributed by atoms with van der Waals surface area (Å²) in [7, 11) is 0. The van der Waals surface area contributed by atoms with Gasteiger partial charge in [-0.25, -0.2) is 0 Å². The highest BCUT2D eigenvalue weighted by atomic mass is 16.6. The number of anilines is 1. The Morgan fingerprint density at radius 3 is 2.38 bits per heavy atom. The molecule has 1 aliphatic heterocycles. The molecule has 0 aromatic heterocycles. The van der Waals surface area contributed by atoms with Crippen molar-refractivity contribution in [2.75, 3.05) is 31.1 Å². The van der Waals surface area contributed by atoms with Crippen molar-refractivity contribution in [1.82, 2.24) is 10.2 Å². The number of rotatable bonds is 9. The zero-order valence-corrected chi connectivity index (χ0v) is 22.3. The fourth-order valence-electron chi connectivity index (χ4n) is 4.84. The molecule has 1 saturated heterocycles. The van der Waals surface area contributed by atoms with Crippen LogP contribution in [0.25, 0.3) is 0 Å². The number of carboxylic acids is 1. The van der Waals surface area contributed by atoms with Gasteiger partial charge in [-0.1, -0.05) is 60.2 Å². The Kier molecular flexibility index (Phi) is 9.11. The van der Waals surface area contributed by atoms with Crippen LogP contribution in [0.5, 0.6) is 0 Å². The molecule has 2 amide bonds. The van der Waals surface area contributed by atoms with Gasteiger partial charge in [-0.2, -0.15) is 0 Å². The molecule has 3 aromatic carbocycles. The number of carbonyl (C=O) groups excluding carboxylic acids is 2. The summed E-state index contributed by atoms with van der Waals surface area (Å²) in [6.07, 6.45) is 0.617. The molecule has 1 heterocycles. The van der Waals surface area contributed by atoms with Gasteiger partial charge in [0.15, 0.2) is 0 Å². The molecule has 0 aliphatic carbocycles. The number of nitrogens with one attached hydrogen (secondary N) is 1. The highest BCUT2D eigenvalue weighted by molar-refractivity contribution is 5.96. The van der Waals surface area contributed by atoms with Crippen LogP contribution in [0.3, 0.4) is 0 Å². The van der Waals surface area contributed by atoms with Crippen LogP contribution in [0.2, 0.25) is 0 Å². The Morgan fingerprint density at radius 1 is 0.975 bits per heavy atom. The highest BCUT2D eigenvalue weighted by Crippen LogP contribution is 2.31. The van der Waals surface area contributed by atoms with Crippen molar-refractivity contribution in [3.63, 3.8) is 0 Å². The summed E-state index contributed by atoms with van der Waals surface area (Å²) < 4.78 is 0. The third kappa shape index (κ3) is 7.22. The number of nitrogens with zero attached hydrogens (tertiary/aromatic N) is 3. The molecular weight excluding hydrogens is 512 g/mol. The van der Waals surface area contributed by atoms with Crippen molar-refractivity contribution >= 4 is 29.2 Å². The van der Waals surface area contributed by atoms with Gasteiger partial charge in [-0.15, -0.1) is 0 Å². The standard InChI is InChI=1S/C30H32N4O6/c1-21-8-10-23(11-9-21)25(20-29(36)37)31-30(38)24-12-13-26(27(19-24)34(39)40)32-14-5-15-33(17-16-32)28(35)18-22-6-3-2-4-7-22/h2-4,6-13,19,25H,5,14-18,20H2,1H3,(H,31,38)(H,36,37). The lowest BCUT2D eigenvalue weighted by atomic mass is 10.0. The number of carboxylic acid groups (broad SMARTS) is 1. The van der Waals surface area contributed by atoms with Crippen molar-refractivity contribution < 1.29 is 24.4 Å². The third-order valence-corrected chi connectivity index (χ3v) is 6.99. The maximum atomic E-state index is 13.1. The first-order valence-electron chi connectivity index (χ1n) is 13.2. The van der Waals surface area contributed by atoms with Gasteiger partial charge in [-0.05, 0) is 36.6 Å². The molecule has 40 heavy (non-hydrogen) atoms. The van der Waals surface area contributed by atoms with Gasteiger partial charge in [0.2, 0.25) is 5.91 Å². The first kappa shape index (κ1) is 28.3. The van der Waals surface area contributed by atoms with Gasteiger partial charge in [-0.3, -0.25) is 24.5 Å². The summed E-state index contributed by atoms with van der Waals surface area (Å²) in [5.74, 6) is -1.67. The SMILES string of the molecule is Cc1ccc(C(CC(=O)O)NC(=O)c2ccc(N3CCCN(C(=O)Cc4ccccc4)CC3)c([N+](=O)[O-])c2)cc1. The second-order valence-electron chi connectivity index (χ2n) is 9.88. The average molecular weight is 545 g/mol. The molecule has 1 fully saturated rings. The van der Waals surface area contributed by atoms with Crippen LogP contribution in [0.1, 0.15) is 45.9 Å². The lowest BCUT2D eigenvalue weighted by Gasteiger charge is -2.24. The molecule has 0 spiro atoms. The van der Waals surface area contributed by atoms with Crippen LogP contribution in [0, 0.1) is 17.0 Å². The van der Waals surface area contributed by atoms with Crippen LogP contribution in [0.15, 0.2) is 72.8 Å². The second kappa shape index (κ2) is 12.9. The van der Waals surface area contributed by atoms with E-state index in [1.807, 2.05) is 54.3 Å². The first-order chi connectivity index (χ1) is 19.2. The van der Waals surface area contributed by atoms with Crippen molar-refractivity contribution in [2.45, 2.75) is 32.2 Å². The summed E-state index contributed by atoms with van der Waals surface area (Å²) in [6, 6.07) is 20.1. The summed E-state index contributed by atoms with van der Waals surface area (Å²) >= 11 is 0. The van der Waals surface area contributed by atoms with E-state index in [-0.39, 0.29) is 23.6 Å². The lowest BCUT2D eigenvalue weighted by Crippen LogP contribution is -2.36. The zero-order valence-electron chi connectivity index (χ0n) is 22.3. The lowest BCUT2D eigenvalue weighted by molar-refractivity contribution is -0.384. The van der Waals surface area contributed by atoms with Crippen LogP contribution >= 0.6 is 0 Å². The number of hydrogen-bond acceptors (Lipinski definition) is 6. The van der Waals surface area contributed by atoms with E-state index in [1.165, 1.54) is 12.1 Å². The minimum absolute atomic E-state index is 0.0130. The van der Waals surface area contributed by atoms with E-state index in [0.717, 1.165) is 11.1 Å². The largest absolute Gasteiger partial charge is 0.481 e. The Labute approximate surface area is 232 Å². The molecule has 1 unspecified atom stereocenters. The number of aliphatic carboxylic acids is 1. The Balaban J connectivity index is 1.48. The van der Waals surface area contributed by atoms with Gasteiger partial charge >= 0.3 is 5.97 Å². The van der Waals surface area contributed by atoms with Crippen LogP contribution in [-0.4, -0.2) is 58.9 Å². The number of aryl methyl sites for hydroxylation is 1. The Hall–Kier alpha value is -4.73. The predicted octanol–water partition coefficient (Wildman–Crippen LogP) is 4.13. The quantitative estimate of drug-likeness (QED) is 0.306. The van der Waals surface area contributed by atoms with Crippen LogP contribution in [-0.2, 0) is 16.0 Å². The summed E-state index contributed by atoms with van der Waals surface area (Å²) in [6.45, 7) is 3.83. The molecule has 4 rings (SSSR count). The van der Waals surface area contributed by atoms with Crippen molar-refractivity contribution in [3.8, 4) is 0 Å². The van der Waals surface area contributed by atoms with E-state index in [1.54, 1.807) is 23.1 Å². The van der Waals surface area contributed by atoms with Crippen LogP contribution in [0.4, 0.5) is 11.4 Å². The molecule has 3 aromatic rings. The Bertz CT molecular complexity index is 1380. The molecule has 0 saturated carbocycles. The molecule has 1 aliphatic rings. The van der Waals surface area contributed by atoms with Crippen molar-refractivity contribution in [1.29, 1.82) is 0 Å². The molecule has 0 bridgehead atoms. The van der Waals surface area contributed by atoms with E-state index < -0.39 is 22.8 Å². The fourth-order valence-corrected chi connectivity index (χ4v) is 4.84. The molecule has 0 radical (unpaired) electrons. The summed E-state index contributed by atoms with van der Waals surface area (Å²) in [5, 5.41) is 24.1. The number of hydrogen-bond donors (Lipinski definition) is 2. The molecular formula is C30H32N4O6. The number of nitro benzene ring substituents is 1. The number of benzene rings is 3. The number of carbonyl (C=O) groups is 3. The second-order valence-corrected chi connectivity index (χ2v) is 9.88. The fraction of sp³-hybridized carbons (Fsp3) is 0.300. The van der Waals surface area contributed by atoms with E-state index in [9.17, 15) is 29.6 Å². The molecule has 208 valence electrons. The van der Waals surface area contributed by atoms with Gasteiger partial charge < -0.3 is 20.2 Å². The molecule has 2 N–H and O–H groups in total. The number of amides is 2. The Morgan fingerprint density at radius 2 is 1.70 bits per heavy atom. The van der Waals surface area contributed by atoms with E-state index in [2.05, 4.69) is 5.32 Å². The van der Waals surface area contributed by atoms with Gasteiger partial charge in [0.25, 0.3) is 11.6 Å². The van der Waals surface area contributed by atoms with Gasteiger partial charge in [0, 0.05) is 37.8 Å². The zero-order chi connectivity index (χ0) is 28.6. The molecule has 1 atom stereocenters. The summed E-state index contributed by atoms with van der Waals surface area (Å²) in [4.78, 5) is 52.5. The summed E-state index contributed by atoms with van der Waals surface area (Å²) in [5.41, 5.74) is 2.77. The predicted molar refractivity (Wildman–Crippen MR) is 150 cm³/mol. The normalized spacial score (nSPS) is 14.2. The average Bonchev–Trinajstić information content (AvgIpc) is 3.19. The monoisotopic (exact) mass is 544 g/mol. The van der Waals surface area contributed by atoms with E-state index >= 15 is 0 Å². The topological polar surface area (TPSA) is 133 Å². The maximum Gasteiger partial charge on any atom is 0.305 e. The van der Waals surface area contributed by atoms with E-state index in [0.29, 0.717) is 50.3 Å². The number of nitro groups is 1. The van der Waals surface area contributed by atoms with Crippen molar-refractivity contribution in [2.24, 2.45) is 0 Å². The molecule has 10 nitrogen and oxygen atoms in total. The van der Waals surface area contributed by atoms with Gasteiger partial charge in [0.05, 0.1) is 23.8 Å². The smallest absolute Gasteiger partial charge is 0.305 e. The third-order valence-electron chi connectivity index (χ3n) is 6.99.